The lowest BCUT2D eigenvalue weighted by molar-refractivity contribution is 0.102. The van der Waals surface area contributed by atoms with Crippen molar-refractivity contribution in [2.24, 2.45) is 5.73 Å². The summed E-state index contributed by atoms with van der Waals surface area (Å²) in [6.45, 7) is 3.80. The van der Waals surface area contributed by atoms with Crippen LogP contribution in [0.5, 0.6) is 5.75 Å². The number of aryl methyl sites for hydroxylation is 1. The first kappa shape index (κ1) is 24.5. The number of carbonyl (C=O) groups is 1. The zero-order valence-corrected chi connectivity index (χ0v) is 19.9. The molecular formula is C27H28F2N4O2. The first-order valence-electron chi connectivity index (χ1n) is 11.5. The van der Waals surface area contributed by atoms with E-state index in [1.54, 1.807) is 25.4 Å². The third-order valence-electron chi connectivity index (χ3n) is 6.25. The van der Waals surface area contributed by atoms with Gasteiger partial charge >= 0.3 is 0 Å². The molecule has 182 valence electrons. The van der Waals surface area contributed by atoms with Gasteiger partial charge in [-0.2, -0.15) is 0 Å². The minimum Gasteiger partial charge on any atom is -0.496 e. The highest BCUT2D eigenvalue weighted by Crippen LogP contribution is 2.37. The average Bonchev–Trinajstić information content (AvgIpc) is 2.84. The molecule has 0 radical (unpaired) electrons. The van der Waals surface area contributed by atoms with Crippen LogP contribution < -0.4 is 15.8 Å². The van der Waals surface area contributed by atoms with Crippen molar-refractivity contribution in [2.45, 2.75) is 45.1 Å². The van der Waals surface area contributed by atoms with Crippen LogP contribution in [0.1, 0.15) is 53.7 Å². The molecule has 6 nitrogen and oxygen atoms in total. The highest BCUT2D eigenvalue weighted by Gasteiger charge is 2.25. The smallest absolute Gasteiger partial charge is 0.274 e. The number of anilines is 1. The molecule has 0 saturated heterocycles. The number of nitrogens with zero attached hydrogens (tertiary/aromatic N) is 2. The molecule has 0 bridgehead atoms. The molecule has 2 heterocycles. The van der Waals surface area contributed by atoms with Crippen LogP contribution in [-0.2, 0) is 0 Å². The van der Waals surface area contributed by atoms with Crippen molar-refractivity contribution < 1.29 is 18.3 Å². The highest BCUT2D eigenvalue weighted by atomic mass is 19.1. The number of benzene rings is 1. The SMILES string of the molecule is CCC1=C[C@H](N)C[C@H](c2ccncc2NC(=O)c2ccc(F)c(-c3c(F)cc(C)cc3OC)n2)C1. The number of hydrogen-bond donors (Lipinski definition) is 2. The Hall–Kier alpha value is -3.65. The van der Waals surface area contributed by atoms with E-state index in [-0.39, 0.29) is 34.7 Å². The maximum atomic E-state index is 14.8. The summed E-state index contributed by atoms with van der Waals surface area (Å²) >= 11 is 0. The van der Waals surface area contributed by atoms with Crippen molar-refractivity contribution in [1.82, 2.24) is 9.97 Å². The van der Waals surface area contributed by atoms with Crippen LogP contribution in [0.15, 0.2) is 54.4 Å². The number of ether oxygens (including phenoxy) is 1. The molecule has 0 unspecified atom stereocenters. The van der Waals surface area contributed by atoms with Gasteiger partial charge in [-0.3, -0.25) is 9.78 Å². The number of amides is 1. The predicted molar refractivity (Wildman–Crippen MR) is 131 cm³/mol. The van der Waals surface area contributed by atoms with Crippen molar-refractivity contribution in [1.29, 1.82) is 0 Å². The van der Waals surface area contributed by atoms with E-state index in [0.29, 0.717) is 11.3 Å². The molecule has 35 heavy (non-hydrogen) atoms. The van der Waals surface area contributed by atoms with Crippen LogP contribution in [0, 0.1) is 18.6 Å². The lowest BCUT2D eigenvalue weighted by Crippen LogP contribution is -2.26. The van der Waals surface area contributed by atoms with E-state index in [0.717, 1.165) is 30.9 Å². The Kier molecular flexibility index (Phi) is 7.21. The Labute approximate surface area is 203 Å². The van der Waals surface area contributed by atoms with Crippen molar-refractivity contribution in [3.05, 3.63) is 82.8 Å². The summed E-state index contributed by atoms with van der Waals surface area (Å²) in [6.07, 6.45) is 7.89. The number of aromatic nitrogens is 2. The normalized spacial score (nSPS) is 17.6. The first-order chi connectivity index (χ1) is 16.8. The van der Waals surface area contributed by atoms with Gasteiger partial charge in [-0.05, 0) is 73.6 Å². The molecule has 0 saturated carbocycles. The van der Waals surface area contributed by atoms with Crippen molar-refractivity contribution in [3.63, 3.8) is 0 Å². The fourth-order valence-electron chi connectivity index (χ4n) is 4.56. The monoisotopic (exact) mass is 478 g/mol. The molecule has 2 aromatic heterocycles. The van der Waals surface area contributed by atoms with Gasteiger partial charge in [-0.25, -0.2) is 13.8 Å². The van der Waals surface area contributed by atoms with E-state index < -0.39 is 17.5 Å². The molecule has 8 heteroatoms. The maximum absolute atomic E-state index is 14.8. The standard InChI is InChI=1S/C27H28F2N4O2/c1-4-16-11-17(13-18(30)12-16)19-7-8-31-14-23(19)33-27(34)22-6-5-20(28)26(32-22)25-21(29)9-15(2)10-24(25)35-3/h5-10,12,14,17-18H,4,11,13,30H2,1-3H3,(H,33,34)/t17-,18+/m1/s1. The van der Waals surface area contributed by atoms with Gasteiger partial charge in [0, 0.05) is 12.2 Å². The van der Waals surface area contributed by atoms with Crippen LogP contribution in [-0.4, -0.2) is 29.0 Å². The highest BCUT2D eigenvalue weighted by molar-refractivity contribution is 6.03. The maximum Gasteiger partial charge on any atom is 0.274 e. The molecule has 3 aromatic rings. The van der Waals surface area contributed by atoms with Crippen LogP contribution in [0.4, 0.5) is 14.5 Å². The fraction of sp³-hybridized carbons (Fsp3) is 0.296. The van der Waals surface area contributed by atoms with Gasteiger partial charge in [0.15, 0.2) is 0 Å². The van der Waals surface area contributed by atoms with E-state index in [1.807, 2.05) is 6.07 Å². The Morgan fingerprint density at radius 2 is 2.03 bits per heavy atom. The van der Waals surface area contributed by atoms with Crippen LogP contribution in [0.25, 0.3) is 11.3 Å². The van der Waals surface area contributed by atoms with Crippen molar-refractivity contribution in [3.8, 4) is 17.0 Å². The zero-order chi connectivity index (χ0) is 25.1. The Morgan fingerprint density at radius 1 is 1.23 bits per heavy atom. The molecule has 1 aliphatic rings. The molecule has 0 spiro atoms. The summed E-state index contributed by atoms with van der Waals surface area (Å²) in [4.78, 5) is 21.5. The lowest BCUT2D eigenvalue weighted by Gasteiger charge is -2.28. The summed E-state index contributed by atoms with van der Waals surface area (Å²) in [6, 6.07) is 7.03. The summed E-state index contributed by atoms with van der Waals surface area (Å²) in [7, 11) is 1.37. The molecule has 1 amide bonds. The van der Waals surface area contributed by atoms with Gasteiger partial charge in [0.1, 0.15) is 28.8 Å². The number of nitrogens with one attached hydrogen (secondary N) is 1. The Bertz CT molecular complexity index is 1290. The molecule has 1 aromatic carbocycles. The molecule has 3 N–H and O–H groups in total. The molecule has 1 aliphatic carbocycles. The molecular weight excluding hydrogens is 450 g/mol. The second-order valence-electron chi connectivity index (χ2n) is 8.75. The zero-order valence-electron chi connectivity index (χ0n) is 19.9. The van der Waals surface area contributed by atoms with E-state index in [1.165, 1.54) is 24.8 Å². The van der Waals surface area contributed by atoms with Gasteiger partial charge in [-0.1, -0.05) is 18.6 Å². The summed E-state index contributed by atoms with van der Waals surface area (Å²) in [5.41, 5.74) is 9.10. The lowest BCUT2D eigenvalue weighted by atomic mass is 9.81. The van der Waals surface area contributed by atoms with Gasteiger partial charge in [0.25, 0.3) is 5.91 Å². The van der Waals surface area contributed by atoms with Crippen LogP contribution in [0.2, 0.25) is 0 Å². The number of methoxy groups -OCH3 is 1. The second-order valence-corrected chi connectivity index (χ2v) is 8.75. The van der Waals surface area contributed by atoms with E-state index in [4.69, 9.17) is 10.5 Å². The van der Waals surface area contributed by atoms with Gasteiger partial charge in [-0.15, -0.1) is 0 Å². The van der Waals surface area contributed by atoms with Gasteiger partial charge < -0.3 is 15.8 Å². The topological polar surface area (TPSA) is 90.1 Å². The average molecular weight is 479 g/mol. The minimum atomic E-state index is -0.764. The third-order valence-corrected chi connectivity index (χ3v) is 6.25. The van der Waals surface area contributed by atoms with Gasteiger partial charge in [0.05, 0.1) is 24.6 Å². The van der Waals surface area contributed by atoms with E-state index in [9.17, 15) is 13.6 Å². The minimum absolute atomic E-state index is 0.0545. The number of pyridine rings is 2. The van der Waals surface area contributed by atoms with E-state index in [2.05, 4.69) is 28.3 Å². The first-order valence-corrected chi connectivity index (χ1v) is 11.5. The van der Waals surface area contributed by atoms with Crippen molar-refractivity contribution in [2.75, 3.05) is 12.4 Å². The van der Waals surface area contributed by atoms with Crippen LogP contribution in [0.3, 0.4) is 0 Å². The molecule has 0 fully saturated rings. The third kappa shape index (κ3) is 5.22. The summed E-state index contributed by atoms with van der Waals surface area (Å²) < 4.78 is 34.7. The number of rotatable bonds is 6. The van der Waals surface area contributed by atoms with Crippen molar-refractivity contribution >= 4 is 11.6 Å². The summed E-state index contributed by atoms with van der Waals surface area (Å²) in [5, 5.41) is 2.85. The Balaban J connectivity index is 1.66. The number of carbonyl (C=O) groups excluding carboxylic acids is 1. The quantitative estimate of drug-likeness (QED) is 0.455. The number of nitrogens with two attached hydrogens (primary N) is 1. The molecule has 2 atom stereocenters. The largest absolute Gasteiger partial charge is 0.496 e. The fourth-order valence-corrected chi connectivity index (χ4v) is 4.56. The predicted octanol–water partition coefficient (Wildman–Crippen LogP) is 5.53. The summed E-state index contributed by atoms with van der Waals surface area (Å²) in [5.74, 6) is -1.74. The van der Waals surface area contributed by atoms with E-state index >= 15 is 0 Å². The number of hydrogen-bond acceptors (Lipinski definition) is 5. The van der Waals surface area contributed by atoms with Crippen LogP contribution >= 0.6 is 0 Å². The Morgan fingerprint density at radius 3 is 2.77 bits per heavy atom. The number of halogens is 2. The molecule has 4 rings (SSSR count). The number of allylic oxidation sites excluding steroid dienone is 1. The molecule has 0 aliphatic heterocycles. The van der Waals surface area contributed by atoms with Gasteiger partial charge in [0.2, 0.25) is 0 Å². The second kappa shape index (κ2) is 10.3.